The molecule has 1 aromatic rings. The van der Waals surface area contributed by atoms with E-state index in [0.29, 0.717) is 12.0 Å². The minimum atomic E-state index is -0.922. The molecular weight excluding hydrogens is 258 g/mol. The highest BCUT2D eigenvalue weighted by atomic mass is 16.4. The number of hydrogen-bond acceptors (Lipinski definition) is 3. The van der Waals surface area contributed by atoms with Crippen molar-refractivity contribution in [1.82, 2.24) is 5.32 Å². The molecule has 0 heterocycles. The molecule has 110 valence electrons. The summed E-state index contributed by atoms with van der Waals surface area (Å²) in [4.78, 5) is 22.7. The number of carboxylic acid groups (broad SMARTS) is 1. The smallest absolute Gasteiger partial charge is 0.305 e. The van der Waals surface area contributed by atoms with Gasteiger partial charge in [-0.05, 0) is 12.5 Å². The number of amides is 1. The van der Waals surface area contributed by atoms with E-state index < -0.39 is 5.97 Å². The molecule has 0 aliphatic heterocycles. The Morgan fingerprint density at radius 3 is 2.60 bits per heavy atom. The van der Waals surface area contributed by atoms with Gasteiger partial charge in [-0.15, -0.1) is 0 Å². The molecule has 20 heavy (non-hydrogen) atoms. The van der Waals surface area contributed by atoms with Gasteiger partial charge >= 0.3 is 5.97 Å². The highest BCUT2D eigenvalue weighted by molar-refractivity contribution is 5.80. The van der Waals surface area contributed by atoms with Crippen LogP contribution in [0.25, 0.3) is 0 Å². The van der Waals surface area contributed by atoms with Crippen molar-refractivity contribution in [2.45, 2.75) is 45.1 Å². The lowest BCUT2D eigenvalue weighted by Gasteiger charge is -2.16. The number of phenolic OH excluding ortho intramolecular Hbond substituents is 1. The highest BCUT2D eigenvalue weighted by Gasteiger charge is 2.16. The Labute approximate surface area is 118 Å². The summed E-state index contributed by atoms with van der Waals surface area (Å²) in [6.45, 7) is 2.02. The molecule has 3 N–H and O–H groups in total. The largest absolute Gasteiger partial charge is 0.508 e. The molecule has 1 aromatic carbocycles. The van der Waals surface area contributed by atoms with Crippen molar-refractivity contribution in [3.8, 4) is 5.75 Å². The van der Waals surface area contributed by atoms with Gasteiger partial charge in [0.25, 0.3) is 0 Å². The molecule has 0 spiro atoms. The average Bonchev–Trinajstić information content (AvgIpc) is 2.38. The maximum absolute atomic E-state index is 11.9. The fraction of sp³-hybridized carbons (Fsp3) is 0.467. The summed E-state index contributed by atoms with van der Waals surface area (Å²) in [5.41, 5.74) is 0.537. The molecule has 1 atom stereocenters. The normalized spacial score (nSPS) is 11.8. The second-order valence-corrected chi connectivity index (χ2v) is 4.81. The van der Waals surface area contributed by atoms with Gasteiger partial charge in [-0.25, -0.2) is 0 Å². The highest BCUT2D eigenvalue weighted by Crippen LogP contribution is 2.16. The fourth-order valence-corrected chi connectivity index (χ4v) is 2.00. The minimum absolute atomic E-state index is 0.0505. The Morgan fingerprint density at radius 1 is 1.30 bits per heavy atom. The van der Waals surface area contributed by atoms with Crippen molar-refractivity contribution in [1.29, 1.82) is 0 Å². The van der Waals surface area contributed by atoms with E-state index in [-0.39, 0.29) is 30.5 Å². The number of carbonyl (C=O) groups excluding carboxylic acids is 1. The third-order valence-corrected chi connectivity index (χ3v) is 3.03. The van der Waals surface area contributed by atoms with Crippen LogP contribution in [0.15, 0.2) is 24.3 Å². The predicted molar refractivity (Wildman–Crippen MR) is 75.5 cm³/mol. The number of aliphatic carboxylic acids is 1. The van der Waals surface area contributed by atoms with Crippen LogP contribution in [0.3, 0.4) is 0 Å². The zero-order valence-corrected chi connectivity index (χ0v) is 11.6. The van der Waals surface area contributed by atoms with Gasteiger partial charge in [-0.1, -0.05) is 38.0 Å². The van der Waals surface area contributed by atoms with Crippen LogP contribution in [0, 0.1) is 0 Å². The van der Waals surface area contributed by atoms with Crippen molar-refractivity contribution in [3.05, 3.63) is 29.8 Å². The lowest BCUT2D eigenvalue weighted by molar-refractivity contribution is -0.137. The first-order chi connectivity index (χ1) is 9.52. The number of aromatic hydroxyl groups is 1. The summed E-state index contributed by atoms with van der Waals surface area (Å²) in [5.74, 6) is -1.12. The Balaban J connectivity index is 2.56. The number of carbonyl (C=O) groups is 2. The maximum Gasteiger partial charge on any atom is 0.305 e. The van der Waals surface area contributed by atoms with Crippen LogP contribution in [0.1, 0.15) is 38.2 Å². The maximum atomic E-state index is 11.9. The monoisotopic (exact) mass is 279 g/mol. The lowest BCUT2D eigenvalue weighted by atomic mass is 10.1. The van der Waals surface area contributed by atoms with E-state index >= 15 is 0 Å². The van der Waals surface area contributed by atoms with E-state index in [0.717, 1.165) is 12.8 Å². The van der Waals surface area contributed by atoms with E-state index in [4.69, 9.17) is 5.11 Å². The predicted octanol–water partition coefficient (Wildman–Crippen LogP) is 2.08. The molecule has 0 aliphatic carbocycles. The molecule has 0 aliphatic rings. The fourth-order valence-electron chi connectivity index (χ4n) is 2.00. The van der Waals surface area contributed by atoms with Gasteiger partial charge in [0.15, 0.2) is 0 Å². The first-order valence-electron chi connectivity index (χ1n) is 6.81. The molecule has 1 rings (SSSR count). The molecule has 0 aromatic heterocycles. The summed E-state index contributed by atoms with van der Waals surface area (Å²) < 4.78 is 0. The molecule has 0 saturated heterocycles. The van der Waals surface area contributed by atoms with E-state index in [9.17, 15) is 14.7 Å². The Bertz CT molecular complexity index is 459. The molecular formula is C15H21NO4. The van der Waals surface area contributed by atoms with Crippen LogP contribution in [0.4, 0.5) is 0 Å². The molecule has 0 bridgehead atoms. The van der Waals surface area contributed by atoms with E-state index in [1.165, 1.54) is 6.07 Å². The second kappa shape index (κ2) is 8.19. The average molecular weight is 279 g/mol. The number of para-hydroxylation sites is 1. The first kappa shape index (κ1) is 16.0. The van der Waals surface area contributed by atoms with Crippen molar-refractivity contribution < 1.29 is 19.8 Å². The van der Waals surface area contributed by atoms with E-state index in [1.807, 2.05) is 6.92 Å². The molecule has 0 fully saturated rings. The summed E-state index contributed by atoms with van der Waals surface area (Å²) in [6.07, 6.45) is 2.44. The van der Waals surface area contributed by atoms with Gasteiger partial charge < -0.3 is 15.5 Å². The van der Waals surface area contributed by atoms with Crippen molar-refractivity contribution >= 4 is 11.9 Å². The van der Waals surface area contributed by atoms with Crippen molar-refractivity contribution in [2.75, 3.05) is 0 Å². The third-order valence-electron chi connectivity index (χ3n) is 3.03. The van der Waals surface area contributed by atoms with Crippen LogP contribution in [0.2, 0.25) is 0 Å². The Kier molecular flexibility index (Phi) is 6.56. The van der Waals surface area contributed by atoms with Crippen molar-refractivity contribution in [2.24, 2.45) is 0 Å². The van der Waals surface area contributed by atoms with Gasteiger partial charge in [-0.2, -0.15) is 0 Å². The number of carboxylic acids is 1. The summed E-state index contributed by atoms with van der Waals surface area (Å²) >= 11 is 0. The Morgan fingerprint density at radius 2 is 2.00 bits per heavy atom. The Hall–Kier alpha value is -2.04. The zero-order chi connectivity index (χ0) is 15.0. The van der Waals surface area contributed by atoms with Gasteiger partial charge in [0.2, 0.25) is 5.91 Å². The van der Waals surface area contributed by atoms with Crippen LogP contribution >= 0.6 is 0 Å². The quantitative estimate of drug-likeness (QED) is 0.680. The lowest BCUT2D eigenvalue weighted by Crippen LogP contribution is -2.37. The van der Waals surface area contributed by atoms with Crippen LogP contribution in [0.5, 0.6) is 5.75 Å². The minimum Gasteiger partial charge on any atom is -0.508 e. The topological polar surface area (TPSA) is 86.6 Å². The first-order valence-corrected chi connectivity index (χ1v) is 6.81. The van der Waals surface area contributed by atoms with Crippen molar-refractivity contribution in [3.63, 3.8) is 0 Å². The van der Waals surface area contributed by atoms with E-state index in [2.05, 4.69) is 5.32 Å². The van der Waals surface area contributed by atoms with Gasteiger partial charge in [0.05, 0.1) is 12.8 Å². The number of rotatable bonds is 8. The van der Waals surface area contributed by atoms with E-state index in [1.54, 1.807) is 18.2 Å². The van der Waals surface area contributed by atoms with Crippen LogP contribution < -0.4 is 5.32 Å². The summed E-state index contributed by atoms with van der Waals surface area (Å²) in [7, 11) is 0. The molecule has 1 unspecified atom stereocenters. The number of phenols is 1. The van der Waals surface area contributed by atoms with Crippen LogP contribution in [-0.4, -0.2) is 28.1 Å². The van der Waals surface area contributed by atoms with Crippen LogP contribution in [-0.2, 0) is 16.0 Å². The number of benzene rings is 1. The van der Waals surface area contributed by atoms with Gasteiger partial charge in [0.1, 0.15) is 5.75 Å². The molecule has 0 saturated carbocycles. The third kappa shape index (κ3) is 5.73. The number of hydrogen-bond donors (Lipinski definition) is 3. The summed E-state index contributed by atoms with van der Waals surface area (Å²) in [5, 5.41) is 21.2. The summed E-state index contributed by atoms with van der Waals surface area (Å²) in [6, 6.07) is 6.27. The molecule has 5 nitrogen and oxygen atoms in total. The zero-order valence-electron chi connectivity index (χ0n) is 11.6. The number of unbranched alkanes of at least 4 members (excludes halogenated alkanes) is 1. The second-order valence-electron chi connectivity index (χ2n) is 4.81. The molecule has 1 amide bonds. The molecule has 0 radical (unpaired) electrons. The SMILES string of the molecule is CCCCC(CC(=O)O)NC(=O)Cc1ccccc1O. The molecule has 5 heteroatoms. The number of nitrogens with one attached hydrogen (secondary N) is 1. The standard InChI is InChI=1S/C15H21NO4/c1-2-3-7-12(10-15(19)20)16-14(18)9-11-6-4-5-8-13(11)17/h4-6,8,12,17H,2-3,7,9-10H2,1H3,(H,16,18)(H,19,20). The van der Waals surface area contributed by atoms with Gasteiger partial charge in [-0.3, -0.25) is 9.59 Å². The van der Waals surface area contributed by atoms with Gasteiger partial charge in [0, 0.05) is 11.6 Å².